The molecule has 162 valence electrons. The summed E-state index contributed by atoms with van der Waals surface area (Å²) in [6.45, 7) is 3.82. The summed E-state index contributed by atoms with van der Waals surface area (Å²) in [7, 11) is 0. The molecule has 1 saturated heterocycles. The molecule has 7 nitrogen and oxygen atoms in total. The topological polar surface area (TPSA) is 81.3 Å². The number of hydrogen-bond acceptors (Lipinski definition) is 4. The fourth-order valence-electron chi connectivity index (χ4n) is 4.17. The van der Waals surface area contributed by atoms with E-state index in [1.165, 1.54) is 10.8 Å². The standard InChI is InChI=1S/C25H25N5O2/c31-24-21-7-3-4-8-22(21)27-23(28-24)17-29-11-13-30(14-12-29)25(32)26-16-18-9-10-19-5-1-2-6-20(19)15-18/h1-10,15H,11-14,16-17H2,(H,26,32)(H,27,28,31). The van der Waals surface area contributed by atoms with E-state index in [9.17, 15) is 9.59 Å². The lowest BCUT2D eigenvalue weighted by Gasteiger charge is -2.34. The highest BCUT2D eigenvalue weighted by Crippen LogP contribution is 2.16. The van der Waals surface area contributed by atoms with Crippen LogP contribution in [0.15, 0.2) is 71.5 Å². The van der Waals surface area contributed by atoms with Gasteiger partial charge in [-0.3, -0.25) is 9.69 Å². The first-order chi connectivity index (χ1) is 15.7. The molecule has 3 aromatic carbocycles. The molecule has 2 N–H and O–H groups in total. The highest BCUT2D eigenvalue weighted by atomic mass is 16.2. The molecule has 1 fully saturated rings. The number of fused-ring (bicyclic) bond motifs is 2. The monoisotopic (exact) mass is 427 g/mol. The van der Waals surface area contributed by atoms with Crippen molar-refractivity contribution in [2.24, 2.45) is 0 Å². The number of urea groups is 1. The van der Waals surface area contributed by atoms with E-state index in [1.807, 2.05) is 35.2 Å². The molecule has 0 aliphatic carbocycles. The van der Waals surface area contributed by atoms with Crippen molar-refractivity contribution in [3.63, 3.8) is 0 Å². The van der Waals surface area contributed by atoms with Gasteiger partial charge in [-0.2, -0.15) is 0 Å². The minimum Gasteiger partial charge on any atom is -0.334 e. The van der Waals surface area contributed by atoms with E-state index < -0.39 is 0 Å². The normalized spacial score (nSPS) is 14.7. The SMILES string of the molecule is O=C(NCc1ccc2ccccc2c1)N1CCN(Cc2nc3ccccc3c(=O)[nH]2)CC1. The number of benzene rings is 3. The van der Waals surface area contributed by atoms with Crippen LogP contribution in [0.2, 0.25) is 0 Å². The molecule has 1 aliphatic heterocycles. The van der Waals surface area contributed by atoms with Gasteiger partial charge >= 0.3 is 6.03 Å². The summed E-state index contributed by atoms with van der Waals surface area (Å²) in [6.07, 6.45) is 0. The highest BCUT2D eigenvalue weighted by molar-refractivity contribution is 5.83. The summed E-state index contributed by atoms with van der Waals surface area (Å²) >= 11 is 0. The molecule has 32 heavy (non-hydrogen) atoms. The fraction of sp³-hybridized carbons (Fsp3) is 0.240. The van der Waals surface area contributed by atoms with Crippen LogP contribution in [0.25, 0.3) is 21.7 Å². The predicted octanol–water partition coefficient (Wildman–Crippen LogP) is 3.10. The van der Waals surface area contributed by atoms with E-state index in [4.69, 9.17) is 0 Å². The first kappa shape index (κ1) is 20.2. The Morgan fingerprint density at radius 2 is 1.69 bits per heavy atom. The molecule has 0 spiro atoms. The van der Waals surface area contributed by atoms with Gasteiger partial charge in [-0.15, -0.1) is 0 Å². The number of carbonyl (C=O) groups is 1. The number of nitrogens with zero attached hydrogens (tertiary/aromatic N) is 3. The van der Waals surface area contributed by atoms with Crippen molar-refractivity contribution >= 4 is 27.7 Å². The molecule has 0 radical (unpaired) electrons. The van der Waals surface area contributed by atoms with E-state index >= 15 is 0 Å². The molecule has 7 heteroatoms. The highest BCUT2D eigenvalue weighted by Gasteiger charge is 2.21. The predicted molar refractivity (Wildman–Crippen MR) is 125 cm³/mol. The van der Waals surface area contributed by atoms with Crippen LogP contribution in [0, 0.1) is 0 Å². The maximum atomic E-state index is 12.6. The summed E-state index contributed by atoms with van der Waals surface area (Å²) < 4.78 is 0. The molecule has 0 bridgehead atoms. The number of aromatic amines is 1. The Balaban J connectivity index is 1.15. The second-order valence-corrected chi connectivity index (χ2v) is 8.13. The third-order valence-electron chi connectivity index (χ3n) is 5.95. The molecular weight excluding hydrogens is 402 g/mol. The minimum atomic E-state index is -0.114. The van der Waals surface area contributed by atoms with Gasteiger partial charge < -0.3 is 15.2 Å². The van der Waals surface area contributed by atoms with Crippen molar-refractivity contribution in [2.45, 2.75) is 13.1 Å². The lowest BCUT2D eigenvalue weighted by atomic mass is 10.1. The maximum Gasteiger partial charge on any atom is 0.317 e. The van der Waals surface area contributed by atoms with Crippen LogP contribution in [0.3, 0.4) is 0 Å². The van der Waals surface area contributed by atoms with Gasteiger partial charge in [-0.05, 0) is 34.5 Å². The van der Waals surface area contributed by atoms with Crippen LogP contribution in [-0.2, 0) is 13.1 Å². The second kappa shape index (κ2) is 8.80. The van der Waals surface area contributed by atoms with E-state index in [0.717, 1.165) is 18.7 Å². The molecule has 1 aliphatic rings. The molecule has 2 amide bonds. The lowest BCUT2D eigenvalue weighted by Crippen LogP contribution is -2.51. The number of amides is 2. The number of hydrogen-bond donors (Lipinski definition) is 2. The minimum absolute atomic E-state index is 0.0463. The molecule has 4 aromatic rings. The Morgan fingerprint density at radius 3 is 2.53 bits per heavy atom. The molecule has 2 heterocycles. The number of H-pyrrole nitrogens is 1. The molecule has 1 aromatic heterocycles. The quantitative estimate of drug-likeness (QED) is 0.524. The van der Waals surface area contributed by atoms with Gasteiger partial charge in [0.2, 0.25) is 0 Å². The van der Waals surface area contributed by atoms with Gasteiger partial charge in [0.1, 0.15) is 5.82 Å². The third kappa shape index (κ3) is 4.33. The van der Waals surface area contributed by atoms with Crippen LogP contribution in [0.1, 0.15) is 11.4 Å². The van der Waals surface area contributed by atoms with Crippen LogP contribution in [0.5, 0.6) is 0 Å². The number of nitrogens with one attached hydrogen (secondary N) is 2. The summed E-state index contributed by atoms with van der Waals surface area (Å²) in [5.74, 6) is 0.655. The first-order valence-electron chi connectivity index (χ1n) is 10.9. The van der Waals surface area contributed by atoms with E-state index in [0.29, 0.717) is 42.9 Å². The maximum absolute atomic E-state index is 12.6. The van der Waals surface area contributed by atoms with Gasteiger partial charge in [0, 0.05) is 32.7 Å². The zero-order valence-corrected chi connectivity index (χ0v) is 17.8. The lowest BCUT2D eigenvalue weighted by molar-refractivity contribution is 0.133. The van der Waals surface area contributed by atoms with E-state index in [-0.39, 0.29) is 11.6 Å². The van der Waals surface area contributed by atoms with E-state index in [1.54, 1.807) is 6.07 Å². The molecular formula is C25H25N5O2. The zero-order chi connectivity index (χ0) is 21.9. The number of rotatable bonds is 4. The van der Waals surface area contributed by atoms with Crippen molar-refractivity contribution in [3.05, 3.63) is 88.5 Å². The van der Waals surface area contributed by atoms with Crippen LogP contribution in [0.4, 0.5) is 4.79 Å². The van der Waals surface area contributed by atoms with Crippen LogP contribution < -0.4 is 10.9 Å². The zero-order valence-electron chi connectivity index (χ0n) is 17.8. The molecule has 5 rings (SSSR count). The molecule has 0 unspecified atom stereocenters. The van der Waals surface area contributed by atoms with Gasteiger partial charge in [-0.1, -0.05) is 48.5 Å². The van der Waals surface area contributed by atoms with Gasteiger partial charge in [0.15, 0.2) is 0 Å². The Hall–Kier alpha value is -3.71. The van der Waals surface area contributed by atoms with Crippen molar-refractivity contribution in [1.29, 1.82) is 0 Å². The second-order valence-electron chi connectivity index (χ2n) is 8.13. The Morgan fingerprint density at radius 1 is 0.938 bits per heavy atom. The Labute approximate surface area is 185 Å². The summed E-state index contributed by atoms with van der Waals surface area (Å²) in [5.41, 5.74) is 1.68. The molecule has 0 saturated carbocycles. The summed E-state index contributed by atoms with van der Waals surface area (Å²) in [6, 6.07) is 21.8. The number of para-hydroxylation sites is 1. The van der Waals surface area contributed by atoms with Crippen LogP contribution >= 0.6 is 0 Å². The van der Waals surface area contributed by atoms with Crippen molar-refractivity contribution < 1.29 is 4.79 Å². The summed E-state index contributed by atoms with van der Waals surface area (Å²) in [5, 5.41) is 6.00. The van der Waals surface area contributed by atoms with Gasteiger partial charge in [0.05, 0.1) is 17.4 Å². The smallest absolute Gasteiger partial charge is 0.317 e. The van der Waals surface area contributed by atoms with E-state index in [2.05, 4.69) is 50.5 Å². The number of carbonyl (C=O) groups excluding carboxylic acids is 1. The number of aromatic nitrogens is 2. The number of piperazine rings is 1. The third-order valence-corrected chi connectivity index (χ3v) is 5.95. The van der Waals surface area contributed by atoms with Crippen LogP contribution in [-0.4, -0.2) is 52.0 Å². The largest absolute Gasteiger partial charge is 0.334 e. The fourth-order valence-corrected chi connectivity index (χ4v) is 4.17. The van der Waals surface area contributed by atoms with Crippen molar-refractivity contribution in [2.75, 3.05) is 26.2 Å². The Kier molecular flexibility index (Phi) is 5.56. The average Bonchev–Trinajstić information content (AvgIpc) is 2.83. The summed E-state index contributed by atoms with van der Waals surface area (Å²) in [4.78, 5) is 36.4. The Bertz CT molecular complexity index is 1320. The van der Waals surface area contributed by atoms with Crippen molar-refractivity contribution in [1.82, 2.24) is 25.1 Å². The van der Waals surface area contributed by atoms with Gasteiger partial charge in [0.25, 0.3) is 5.56 Å². The van der Waals surface area contributed by atoms with Gasteiger partial charge in [-0.25, -0.2) is 9.78 Å². The average molecular weight is 428 g/mol. The molecule has 0 atom stereocenters. The first-order valence-corrected chi connectivity index (χ1v) is 10.9. The van der Waals surface area contributed by atoms with Crippen molar-refractivity contribution in [3.8, 4) is 0 Å².